The molecule has 2 heterocycles. The average Bonchev–Trinajstić information content (AvgIpc) is 3.22. The summed E-state index contributed by atoms with van der Waals surface area (Å²) in [5.74, 6) is -0.596. The minimum absolute atomic E-state index is 0.0267. The molecule has 26 heavy (non-hydrogen) atoms. The van der Waals surface area contributed by atoms with E-state index in [-0.39, 0.29) is 34.6 Å². The Kier molecular flexibility index (Phi) is 5.46. The highest BCUT2D eigenvalue weighted by molar-refractivity contribution is 7.96. The lowest BCUT2D eigenvalue weighted by Gasteiger charge is -2.13. The fourth-order valence-electron chi connectivity index (χ4n) is 3.11. The topological polar surface area (TPSA) is 124 Å². The van der Waals surface area contributed by atoms with Gasteiger partial charge in [0.15, 0.2) is 19.7 Å². The lowest BCUT2D eigenvalue weighted by Crippen LogP contribution is -2.32. The van der Waals surface area contributed by atoms with Crippen LogP contribution in [0.5, 0.6) is 0 Å². The lowest BCUT2D eigenvalue weighted by atomic mass is 10.2. The summed E-state index contributed by atoms with van der Waals surface area (Å²) in [5.41, 5.74) is 0. The molecule has 2 aliphatic heterocycles. The molecule has 0 spiro atoms. The summed E-state index contributed by atoms with van der Waals surface area (Å²) in [7, 11) is -11.2. The maximum atomic E-state index is 12.7. The zero-order valence-corrected chi connectivity index (χ0v) is 16.4. The van der Waals surface area contributed by atoms with Crippen molar-refractivity contribution in [3.63, 3.8) is 0 Å². The van der Waals surface area contributed by atoms with Crippen LogP contribution in [0, 0.1) is 0 Å². The molecule has 146 valence electrons. The lowest BCUT2D eigenvalue weighted by molar-refractivity contribution is 0.114. The van der Waals surface area contributed by atoms with Gasteiger partial charge in [0.25, 0.3) is 0 Å². The van der Waals surface area contributed by atoms with Gasteiger partial charge >= 0.3 is 0 Å². The minimum atomic E-state index is -3.92. The van der Waals surface area contributed by atoms with Crippen LogP contribution in [0.3, 0.4) is 0 Å². The molecule has 1 aromatic rings. The van der Waals surface area contributed by atoms with Gasteiger partial charge in [-0.3, -0.25) is 0 Å². The van der Waals surface area contributed by atoms with Gasteiger partial charge < -0.3 is 4.74 Å². The predicted octanol–water partition coefficient (Wildman–Crippen LogP) is 0.105. The summed E-state index contributed by atoms with van der Waals surface area (Å²) < 4.78 is 81.2. The van der Waals surface area contributed by atoms with E-state index in [4.69, 9.17) is 4.74 Å². The summed E-state index contributed by atoms with van der Waals surface area (Å²) in [6, 6.07) is 5.02. The van der Waals surface area contributed by atoms with Crippen LogP contribution in [0.15, 0.2) is 34.1 Å². The van der Waals surface area contributed by atoms with E-state index in [0.29, 0.717) is 6.61 Å². The van der Waals surface area contributed by atoms with E-state index in [1.165, 1.54) is 18.2 Å². The van der Waals surface area contributed by atoms with Gasteiger partial charge in [0.2, 0.25) is 10.0 Å². The van der Waals surface area contributed by atoms with Crippen LogP contribution in [0.25, 0.3) is 0 Å². The molecule has 2 atom stereocenters. The van der Waals surface area contributed by atoms with Crippen LogP contribution in [0.4, 0.5) is 0 Å². The Hall–Kier alpha value is -1.01. The zero-order valence-electron chi connectivity index (χ0n) is 14.0. The van der Waals surface area contributed by atoms with Crippen molar-refractivity contribution < 1.29 is 30.0 Å². The SMILES string of the molecule is O=S1(=O)CC[C@@H](S(=O)(=O)c2cccc(S(=O)(=O)NC[C@H]3CCCO3)c2)C1. The Balaban J connectivity index is 1.81. The van der Waals surface area contributed by atoms with Gasteiger partial charge in [-0.15, -0.1) is 0 Å². The molecule has 0 saturated carbocycles. The minimum Gasteiger partial charge on any atom is -0.377 e. The first-order chi connectivity index (χ1) is 12.1. The van der Waals surface area contributed by atoms with E-state index in [0.717, 1.165) is 18.9 Å². The van der Waals surface area contributed by atoms with E-state index in [2.05, 4.69) is 4.72 Å². The molecule has 0 bridgehead atoms. The summed E-state index contributed by atoms with van der Waals surface area (Å²) >= 11 is 0. The Labute approximate surface area is 153 Å². The molecule has 0 radical (unpaired) electrons. The molecule has 2 saturated heterocycles. The third kappa shape index (κ3) is 4.28. The van der Waals surface area contributed by atoms with Crippen LogP contribution in [-0.2, 0) is 34.4 Å². The molecule has 11 heteroatoms. The van der Waals surface area contributed by atoms with Crippen LogP contribution in [-0.4, -0.2) is 61.3 Å². The molecule has 8 nitrogen and oxygen atoms in total. The van der Waals surface area contributed by atoms with Crippen molar-refractivity contribution in [3.8, 4) is 0 Å². The van der Waals surface area contributed by atoms with Crippen molar-refractivity contribution in [2.24, 2.45) is 0 Å². The standard InChI is InChI=1S/C15H21NO7S3/c17-24(18)8-6-15(11-24)25(19,20)13-4-1-5-14(9-13)26(21,22)16-10-12-3-2-7-23-12/h1,4-5,9,12,15-16H,2-3,6-8,10-11H2/t12-,15-/m1/s1. The maximum Gasteiger partial charge on any atom is 0.240 e. The van der Waals surface area contributed by atoms with Gasteiger partial charge in [-0.25, -0.2) is 30.0 Å². The molecular weight excluding hydrogens is 402 g/mol. The highest BCUT2D eigenvalue weighted by Crippen LogP contribution is 2.26. The van der Waals surface area contributed by atoms with E-state index >= 15 is 0 Å². The number of sulfonamides is 1. The molecule has 3 rings (SSSR count). The number of nitrogens with one attached hydrogen (secondary N) is 1. The second kappa shape index (κ2) is 7.19. The Morgan fingerprint density at radius 2 is 1.85 bits per heavy atom. The molecule has 0 unspecified atom stereocenters. The number of hydrogen-bond donors (Lipinski definition) is 1. The Morgan fingerprint density at radius 1 is 1.12 bits per heavy atom. The van der Waals surface area contributed by atoms with Crippen molar-refractivity contribution in [2.45, 2.75) is 40.4 Å². The van der Waals surface area contributed by atoms with Crippen LogP contribution < -0.4 is 4.72 Å². The summed E-state index contributed by atoms with van der Waals surface area (Å²) in [6.45, 7) is 0.727. The van der Waals surface area contributed by atoms with Gasteiger partial charge in [0, 0.05) is 13.2 Å². The molecule has 1 aromatic carbocycles. The summed E-state index contributed by atoms with van der Waals surface area (Å²) in [6.07, 6.45) is 1.50. The largest absolute Gasteiger partial charge is 0.377 e. The van der Waals surface area contributed by atoms with E-state index in [1.807, 2.05) is 0 Å². The normalized spacial score (nSPS) is 26.2. The van der Waals surface area contributed by atoms with Gasteiger partial charge in [0.1, 0.15) is 0 Å². The van der Waals surface area contributed by atoms with Crippen LogP contribution in [0.1, 0.15) is 19.3 Å². The van der Waals surface area contributed by atoms with Crippen molar-refractivity contribution in [2.75, 3.05) is 24.7 Å². The summed E-state index contributed by atoms with van der Waals surface area (Å²) in [5, 5.41) is -1.04. The Morgan fingerprint density at radius 3 is 2.46 bits per heavy atom. The smallest absolute Gasteiger partial charge is 0.240 e. The molecule has 0 aliphatic carbocycles. The molecule has 1 N–H and O–H groups in total. The zero-order chi connectivity index (χ0) is 19.0. The fraction of sp³-hybridized carbons (Fsp3) is 0.600. The maximum absolute atomic E-state index is 12.7. The predicted molar refractivity (Wildman–Crippen MR) is 94.8 cm³/mol. The first-order valence-corrected chi connectivity index (χ1v) is 13.1. The van der Waals surface area contributed by atoms with Crippen LogP contribution >= 0.6 is 0 Å². The van der Waals surface area contributed by atoms with Crippen molar-refractivity contribution in [3.05, 3.63) is 24.3 Å². The van der Waals surface area contributed by atoms with Crippen molar-refractivity contribution in [1.29, 1.82) is 0 Å². The molecule has 0 amide bonds. The number of rotatable bonds is 6. The van der Waals surface area contributed by atoms with Gasteiger partial charge in [-0.2, -0.15) is 0 Å². The van der Waals surface area contributed by atoms with Crippen LogP contribution in [0.2, 0.25) is 0 Å². The second-order valence-corrected chi connectivity index (χ2v) is 12.8. The Bertz CT molecular complexity index is 978. The molecule has 0 aromatic heterocycles. The first-order valence-electron chi connectivity index (χ1n) is 8.26. The third-order valence-electron chi connectivity index (χ3n) is 4.60. The second-order valence-electron chi connectivity index (χ2n) is 6.53. The quantitative estimate of drug-likeness (QED) is 0.688. The van der Waals surface area contributed by atoms with Gasteiger partial charge in [0.05, 0.1) is 32.7 Å². The highest BCUT2D eigenvalue weighted by Gasteiger charge is 2.38. The number of hydrogen-bond acceptors (Lipinski definition) is 7. The number of ether oxygens (including phenoxy) is 1. The van der Waals surface area contributed by atoms with E-state index < -0.39 is 40.7 Å². The van der Waals surface area contributed by atoms with Gasteiger partial charge in [-0.1, -0.05) is 6.07 Å². The highest BCUT2D eigenvalue weighted by atomic mass is 32.2. The molecular formula is C15H21NO7S3. The third-order valence-corrected chi connectivity index (χ3v) is 10.2. The first kappa shape index (κ1) is 19.7. The fourth-order valence-corrected chi connectivity index (χ4v) is 8.70. The van der Waals surface area contributed by atoms with Crippen molar-refractivity contribution >= 4 is 29.7 Å². The van der Waals surface area contributed by atoms with Gasteiger partial charge in [-0.05, 0) is 37.5 Å². The van der Waals surface area contributed by atoms with E-state index in [1.54, 1.807) is 0 Å². The molecule has 2 fully saturated rings. The van der Waals surface area contributed by atoms with Crippen molar-refractivity contribution in [1.82, 2.24) is 4.72 Å². The number of sulfone groups is 2. The average molecular weight is 424 g/mol. The monoisotopic (exact) mass is 423 g/mol. The number of benzene rings is 1. The summed E-state index contributed by atoms with van der Waals surface area (Å²) in [4.78, 5) is -0.350. The molecule has 2 aliphatic rings. The van der Waals surface area contributed by atoms with E-state index in [9.17, 15) is 25.3 Å².